The molecule has 0 spiro atoms. The number of alkyl halides is 3. The molecule has 1 saturated carbocycles. The maximum Gasteiger partial charge on any atom is 0.419 e. The van der Waals surface area contributed by atoms with E-state index in [2.05, 4.69) is 6.92 Å². The average molecular weight is 458 g/mol. The van der Waals surface area contributed by atoms with Crippen LogP contribution in [-0.4, -0.2) is 7.11 Å². The molecule has 0 aromatic heterocycles. The predicted molar refractivity (Wildman–Crippen MR) is 112 cm³/mol. The van der Waals surface area contributed by atoms with Crippen molar-refractivity contribution in [2.75, 3.05) is 7.11 Å². The van der Waals surface area contributed by atoms with Gasteiger partial charge in [0, 0.05) is 5.56 Å². The molecule has 0 heterocycles. The fourth-order valence-electron chi connectivity index (χ4n) is 4.79. The van der Waals surface area contributed by atoms with Crippen LogP contribution in [-0.2, 0) is 6.18 Å². The van der Waals surface area contributed by atoms with Gasteiger partial charge in [0.05, 0.1) is 12.7 Å². The third-order valence-corrected chi connectivity index (χ3v) is 6.47. The minimum atomic E-state index is -5.15. The lowest BCUT2D eigenvalue weighted by molar-refractivity contribution is -0.139. The molecule has 0 saturated heterocycles. The van der Waals surface area contributed by atoms with Crippen molar-refractivity contribution >= 4 is 0 Å². The van der Waals surface area contributed by atoms with Gasteiger partial charge in [-0.2, -0.15) is 13.2 Å². The third-order valence-electron chi connectivity index (χ3n) is 6.47. The second-order valence-corrected chi connectivity index (χ2v) is 8.57. The van der Waals surface area contributed by atoms with E-state index in [1.54, 1.807) is 0 Å². The molecule has 0 amide bonds. The van der Waals surface area contributed by atoms with E-state index in [1.165, 1.54) is 12.8 Å². The van der Waals surface area contributed by atoms with Gasteiger partial charge in [-0.05, 0) is 67.3 Å². The normalized spacial score (nSPS) is 19.2. The minimum absolute atomic E-state index is 0.0491. The van der Waals surface area contributed by atoms with Gasteiger partial charge >= 0.3 is 6.18 Å². The Morgan fingerprint density at radius 2 is 1.50 bits per heavy atom. The lowest BCUT2D eigenvalue weighted by Crippen LogP contribution is -2.15. The molecule has 0 aliphatic heterocycles. The highest BCUT2D eigenvalue weighted by atomic mass is 19.4. The average Bonchev–Trinajstić information content (AvgIpc) is 2.73. The summed E-state index contributed by atoms with van der Waals surface area (Å²) in [4.78, 5) is 0. The Hall–Kier alpha value is -2.18. The fourth-order valence-corrected chi connectivity index (χ4v) is 4.79. The van der Waals surface area contributed by atoms with Gasteiger partial charge < -0.3 is 4.74 Å². The van der Waals surface area contributed by atoms with Crippen LogP contribution in [0, 0.1) is 23.4 Å². The summed E-state index contributed by atoms with van der Waals surface area (Å²) in [7, 11) is 1.07. The van der Waals surface area contributed by atoms with Crippen molar-refractivity contribution in [3.05, 3.63) is 52.8 Å². The molecule has 176 valence electrons. The number of hydrogen-bond acceptors (Lipinski definition) is 1. The zero-order chi connectivity index (χ0) is 23.5. The van der Waals surface area contributed by atoms with Gasteiger partial charge in [-0.3, -0.25) is 0 Å². The van der Waals surface area contributed by atoms with E-state index in [1.807, 2.05) is 0 Å². The van der Waals surface area contributed by atoms with Crippen LogP contribution in [0.25, 0.3) is 11.1 Å². The molecule has 3 rings (SSSR count). The van der Waals surface area contributed by atoms with E-state index >= 15 is 8.78 Å². The number of ether oxygens (including phenoxy) is 1. The van der Waals surface area contributed by atoms with E-state index in [0.29, 0.717) is 17.5 Å². The van der Waals surface area contributed by atoms with E-state index in [-0.39, 0.29) is 5.92 Å². The molecule has 0 radical (unpaired) electrons. The molecular weight excluding hydrogens is 430 g/mol. The quantitative estimate of drug-likeness (QED) is 0.298. The summed E-state index contributed by atoms with van der Waals surface area (Å²) < 4.78 is 89.8. The van der Waals surface area contributed by atoms with Crippen molar-refractivity contribution in [2.24, 2.45) is 5.92 Å². The Morgan fingerprint density at radius 3 is 2.03 bits per heavy atom. The second-order valence-electron chi connectivity index (χ2n) is 8.57. The minimum Gasteiger partial charge on any atom is -0.496 e. The lowest BCUT2D eigenvalue weighted by atomic mass is 9.76. The van der Waals surface area contributed by atoms with Gasteiger partial charge in [0.2, 0.25) is 0 Å². The number of benzene rings is 2. The summed E-state index contributed by atoms with van der Waals surface area (Å²) in [5.74, 6) is -3.81. The molecular formula is C25H28F6O. The summed E-state index contributed by atoms with van der Waals surface area (Å²) in [6.45, 7) is 2.15. The Labute approximate surface area is 184 Å². The monoisotopic (exact) mass is 458 g/mol. The molecule has 1 fully saturated rings. The number of methoxy groups -OCH3 is 1. The smallest absolute Gasteiger partial charge is 0.419 e. The van der Waals surface area contributed by atoms with Gasteiger partial charge in [0.15, 0.2) is 0 Å². The number of unbranched alkanes of at least 4 members (excludes halogenated alkanes) is 2. The third kappa shape index (κ3) is 5.24. The number of hydrogen-bond donors (Lipinski definition) is 0. The van der Waals surface area contributed by atoms with Crippen molar-refractivity contribution in [1.29, 1.82) is 0 Å². The summed E-state index contributed by atoms with van der Waals surface area (Å²) >= 11 is 0. The van der Waals surface area contributed by atoms with E-state index in [0.717, 1.165) is 63.8 Å². The van der Waals surface area contributed by atoms with Crippen LogP contribution < -0.4 is 4.74 Å². The van der Waals surface area contributed by atoms with Crippen molar-refractivity contribution in [3.63, 3.8) is 0 Å². The molecule has 0 bridgehead atoms. The SMILES string of the molecule is CCCCCC1CCC(c2cc(F)c(-c3c(OC)ccc(F)c3C(F)(F)F)c(F)c2)CC1. The Bertz CT molecular complexity index is 906. The summed E-state index contributed by atoms with van der Waals surface area (Å²) in [5, 5.41) is 0. The number of halogens is 6. The first-order valence-corrected chi connectivity index (χ1v) is 11.1. The standard InChI is InChI=1S/C25H28F6O/c1-3-4-5-6-15-7-9-16(10-8-15)17-13-19(27)22(20(28)14-17)23-21(32-2)12-11-18(26)24(23)25(29,30)31/h11-16H,3-10H2,1-2H3. The highest BCUT2D eigenvalue weighted by Gasteiger charge is 2.40. The van der Waals surface area contributed by atoms with Crippen LogP contribution in [0.5, 0.6) is 5.75 Å². The summed E-state index contributed by atoms with van der Waals surface area (Å²) in [6, 6.07) is 3.69. The zero-order valence-electron chi connectivity index (χ0n) is 18.3. The van der Waals surface area contributed by atoms with Crippen molar-refractivity contribution < 1.29 is 31.1 Å². The lowest BCUT2D eigenvalue weighted by Gasteiger charge is -2.29. The van der Waals surface area contributed by atoms with Crippen LogP contribution >= 0.6 is 0 Å². The zero-order valence-corrected chi connectivity index (χ0v) is 18.3. The van der Waals surface area contributed by atoms with Crippen LogP contribution in [0.15, 0.2) is 24.3 Å². The first-order valence-electron chi connectivity index (χ1n) is 11.1. The predicted octanol–water partition coefficient (Wildman–Crippen LogP) is 8.65. The molecule has 0 atom stereocenters. The molecule has 7 heteroatoms. The Balaban J connectivity index is 1.93. The van der Waals surface area contributed by atoms with Crippen LogP contribution in [0.1, 0.15) is 75.3 Å². The molecule has 1 aliphatic carbocycles. The van der Waals surface area contributed by atoms with Crippen molar-refractivity contribution in [1.82, 2.24) is 0 Å². The van der Waals surface area contributed by atoms with Gasteiger partial charge in [-0.25, -0.2) is 13.2 Å². The van der Waals surface area contributed by atoms with Gasteiger partial charge in [-0.1, -0.05) is 32.6 Å². The van der Waals surface area contributed by atoms with Crippen molar-refractivity contribution in [2.45, 2.75) is 70.4 Å². The van der Waals surface area contributed by atoms with Crippen LogP contribution in [0.2, 0.25) is 0 Å². The van der Waals surface area contributed by atoms with Gasteiger partial charge in [0.1, 0.15) is 28.8 Å². The van der Waals surface area contributed by atoms with E-state index in [4.69, 9.17) is 4.74 Å². The molecule has 1 aliphatic rings. The first kappa shape index (κ1) is 24.5. The van der Waals surface area contributed by atoms with Crippen molar-refractivity contribution in [3.8, 4) is 16.9 Å². The van der Waals surface area contributed by atoms with Crippen LogP contribution in [0.3, 0.4) is 0 Å². The maximum atomic E-state index is 15.1. The molecule has 0 N–H and O–H groups in total. The maximum absolute atomic E-state index is 15.1. The topological polar surface area (TPSA) is 9.23 Å². The number of rotatable bonds is 7. The van der Waals surface area contributed by atoms with Crippen LogP contribution in [0.4, 0.5) is 26.3 Å². The van der Waals surface area contributed by atoms with E-state index in [9.17, 15) is 17.6 Å². The Morgan fingerprint density at radius 1 is 0.875 bits per heavy atom. The molecule has 0 unspecified atom stereocenters. The molecule has 1 nitrogen and oxygen atoms in total. The largest absolute Gasteiger partial charge is 0.496 e. The fraction of sp³-hybridized carbons (Fsp3) is 0.520. The van der Waals surface area contributed by atoms with E-state index < -0.39 is 46.1 Å². The molecule has 32 heavy (non-hydrogen) atoms. The molecule has 2 aromatic rings. The first-order chi connectivity index (χ1) is 15.2. The summed E-state index contributed by atoms with van der Waals surface area (Å²) in [5.41, 5.74) is -3.19. The van der Waals surface area contributed by atoms with Gasteiger partial charge in [0.25, 0.3) is 0 Å². The Kier molecular flexibility index (Phi) is 7.78. The highest BCUT2D eigenvalue weighted by Crippen LogP contribution is 2.46. The second kappa shape index (κ2) is 10.2. The summed E-state index contributed by atoms with van der Waals surface area (Å²) in [6.07, 6.45) is 3.04. The molecule has 2 aromatic carbocycles. The highest BCUT2D eigenvalue weighted by molar-refractivity contribution is 5.76. The van der Waals surface area contributed by atoms with Gasteiger partial charge in [-0.15, -0.1) is 0 Å².